The Bertz CT molecular complexity index is 580. The standard InChI is InChI=1S/C10H12N2O5S/c1-2-3-6-17-9-5-4-8(12(13)14)7-10(9)18(11,15)16/h2-5,7H,6H2,1H3,(H2,11,15,16)/b3-2+. The maximum atomic E-state index is 11.3. The molecule has 0 saturated carbocycles. The highest BCUT2D eigenvalue weighted by molar-refractivity contribution is 7.89. The molecular formula is C10H12N2O5S. The molecule has 0 unspecified atom stereocenters. The molecule has 1 aromatic rings. The van der Waals surface area contributed by atoms with E-state index in [1.54, 1.807) is 19.1 Å². The Morgan fingerprint density at radius 3 is 2.67 bits per heavy atom. The molecule has 0 amide bonds. The highest BCUT2D eigenvalue weighted by Gasteiger charge is 2.19. The van der Waals surface area contributed by atoms with Crippen LogP contribution in [0, 0.1) is 10.1 Å². The fourth-order valence-electron chi connectivity index (χ4n) is 1.19. The molecule has 0 aromatic heterocycles. The van der Waals surface area contributed by atoms with Gasteiger partial charge in [0.2, 0.25) is 10.0 Å². The summed E-state index contributed by atoms with van der Waals surface area (Å²) in [5.41, 5.74) is -0.364. The molecule has 0 radical (unpaired) electrons. The van der Waals surface area contributed by atoms with Crippen LogP contribution in [0.1, 0.15) is 6.92 Å². The number of non-ortho nitro benzene ring substituents is 1. The number of nitrogens with zero attached hydrogens (tertiary/aromatic N) is 1. The number of benzene rings is 1. The summed E-state index contributed by atoms with van der Waals surface area (Å²) in [4.78, 5) is 9.46. The molecule has 0 heterocycles. The van der Waals surface area contributed by atoms with Crippen molar-refractivity contribution in [2.45, 2.75) is 11.8 Å². The van der Waals surface area contributed by atoms with Crippen LogP contribution in [0.3, 0.4) is 0 Å². The second kappa shape index (κ2) is 5.61. The van der Waals surface area contributed by atoms with Gasteiger partial charge < -0.3 is 4.74 Å². The first kappa shape index (κ1) is 14.1. The van der Waals surface area contributed by atoms with Crippen LogP contribution >= 0.6 is 0 Å². The van der Waals surface area contributed by atoms with Gasteiger partial charge in [-0.15, -0.1) is 0 Å². The Morgan fingerprint density at radius 1 is 1.50 bits per heavy atom. The molecule has 0 aliphatic carbocycles. The summed E-state index contributed by atoms with van der Waals surface area (Å²) in [6.07, 6.45) is 3.39. The molecule has 0 aliphatic heterocycles. The minimum atomic E-state index is -4.08. The molecule has 98 valence electrons. The molecule has 0 atom stereocenters. The van der Waals surface area contributed by atoms with Crippen molar-refractivity contribution in [2.24, 2.45) is 5.14 Å². The van der Waals surface area contributed by atoms with E-state index < -0.39 is 19.8 Å². The van der Waals surface area contributed by atoms with Gasteiger partial charge in [-0.2, -0.15) is 0 Å². The maximum absolute atomic E-state index is 11.3. The average Bonchev–Trinajstić information content (AvgIpc) is 2.28. The predicted molar refractivity (Wildman–Crippen MR) is 64.8 cm³/mol. The van der Waals surface area contributed by atoms with Gasteiger partial charge in [0.1, 0.15) is 17.3 Å². The number of hydrogen-bond acceptors (Lipinski definition) is 5. The van der Waals surface area contributed by atoms with E-state index in [1.807, 2.05) is 0 Å². The second-order valence-electron chi connectivity index (χ2n) is 3.31. The molecule has 0 fully saturated rings. The first-order chi connectivity index (χ1) is 8.36. The summed E-state index contributed by atoms with van der Waals surface area (Å²) in [7, 11) is -4.08. The number of nitrogens with two attached hydrogens (primary N) is 1. The van der Waals surface area contributed by atoms with Gasteiger partial charge in [0.15, 0.2) is 0 Å². The number of nitro groups is 1. The van der Waals surface area contributed by atoms with Crippen molar-refractivity contribution >= 4 is 15.7 Å². The Kier molecular flexibility index (Phi) is 4.40. The summed E-state index contributed by atoms with van der Waals surface area (Å²) in [6.45, 7) is 1.93. The smallest absolute Gasteiger partial charge is 0.271 e. The van der Waals surface area contributed by atoms with E-state index in [4.69, 9.17) is 9.88 Å². The van der Waals surface area contributed by atoms with Crippen LogP contribution in [0.25, 0.3) is 0 Å². The first-order valence-electron chi connectivity index (χ1n) is 4.91. The highest BCUT2D eigenvalue weighted by atomic mass is 32.2. The summed E-state index contributed by atoms with van der Waals surface area (Å²) in [5, 5.41) is 15.6. The minimum Gasteiger partial charge on any atom is -0.488 e. The van der Waals surface area contributed by atoms with E-state index in [0.717, 1.165) is 12.1 Å². The Hall–Kier alpha value is -1.93. The molecule has 0 bridgehead atoms. The molecule has 8 heteroatoms. The van der Waals surface area contributed by atoms with Crippen molar-refractivity contribution in [1.29, 1.82) is 0 Å². The van der Waals surface area contributed by atoms with Gasteiger partial charge in [-0.25, -0.2) is 13.6 Å². The van der Waals surface area contributed by atoms with Crippen molar-refractivity contribution in [1.82, 2.24) is 0 Å². The number of hydrogen-bond donors (Lipinski definition) is 1. The van der Waals surface area contributed by atoms with Gasteiger partial charge >= 0.3 is 0 Å². The molecule has 7 nitrogen and oxygen atoms in total. The molecule has 0 aliphatic rings. The largest absolute Gasteiger partial charge is 0.488 e. The average molecular weight is 272 g/mol. The van der Waals surface area contributed by atoms with Crippen molar-refractivity contribution in [3.63, 3.8) is 0 Å². The van der Waals surface area contributed by atoms with Crippen LogP contribution in [-0.4, -0.2) is 19.9 Å². The van der Waals surface area contributed by atoms with Crippen LogP contribution in [0.15, 0.2) is 35.2 Å². The zero-order valence-electron chi connectivity index (χ0n) is 9.57. The van der Waals surface area contributed by atoms with E-state index >= 15 is 0 Å². The third-order valence-electron chi connectivity index (χ3n) is 2.02. The van der Waals surface area contributed by atoms with Crippen LogP contribution in [0.5, 0.6) is 5.75 Å². The van der Waals surface area contributed by atoms with Crippen LogP contribution in [-0.2, 0) is 10.0 Å². The lowest BCUT2D eigenvalue weighted by atomic mass is 10.3. The zero-order valence-corrected chi connectivity index (χ0v) is 10.4. The summed E-state index contributed by atoms with van der Waals surface area (Å²) in [6, 6.07) is 3.24. The van der Waals surface area contributed by atoms with Crippen molar-refractivity contribution in [2.75, 3.05) is 6.61 Å². The first-order valence-corrected chi connectivity index (χ1v) is 6.46. The van der Waals surface area contributed by atoms with Gasteiger partial charge in [-0.3, -0.25) is 10.1 Å². The maximum Gasteiger partial charge on any atom is 0.271 e. The van der Waals surface area contributed by atoms with E-state index in [1.165, 1.54) is 6.07 Å². The van der Waals surface area contributed by atoms with Crippen LogP contribution in [0.4, 0.5) is 5.69 Å². The number of nitro benzene ring substituents is 1. The van der Waals surface area contributed by atoms with Crippen molar-refractivity contribution < 1.29 is 18.1 Å². The van der Waals surface area contributed by atoms with E-state index in [9.17, 15) is 18.5 Å². The predicted octanol–water partition coefficient (Wildman–Crippen LogP) is 1.20. The number of allylic oxidation sites excluding steroid dienone is 1. The highest BCUT2D eigenvalue weighted by Crippen LogP contribution is 2.27. The molecule has 2 N–H and O–H groups in total. The lowest BCUT2D eigenvalue weighted by molar-refractivity contribution is -0.385. The number of sulfonamides is 1. The second-order valence-corrected chi connectivity index (χ2v) is 4.84. The van der Waals surface area contributed by atoms with Crippen molar-refractivity contribution in [3.05, 3.63) is 40.5 Å². The van der Waals surface area contributed by atoms with Crippen LogP contribution in [0.2, 0.25) is 0 Å². The fraction of sp³-hybridized carbons (Fsp3) is 0.200. The summed E-state index contributed by atoms with van der Waals surface area (Å²) >= 11 is 0. The van der Waals surface area contributed by atoms with Gasteiger partial charge in [0.05, 0.1) is 4.92 Å². The Morgan fingerprint density at radius 2 is 2.17 bits per heavy atom. The minimum absolute atomic E-state index is 0.0128. The number of rotatable bonds is 5. The van der Waals surface area contributed by atoms with Gasteiger partial charge in [0, 0.05) is 12.1 Å². The molecule has 0 saturated heterocycles. The van der Waals surface area contributed by atoms with Gasteiger partial charge in [-0.05, 0) is 13.0 Å². The lowest BCUT2D eigenvalue weighted by Gasteiger charge is -2.08. The Balaban J connectivity index is 3.22. The number of primary sulfonamides is 1. The Labute approximate surface area is 104 Å². The SMILES string of the molecule is C/C=C/COc1ccc([N+](=O)[O-])cc1S(N)(=O)=O. The quantitative estimate of drug-likeness (QED) is 0.491. The number of ether oxygens (including phenoxy) is 1. The summed E-state index contributed by atoms with van der Waals surface area (Å²) < 4.78 is 27.8. The molecule has 1 rings (SSSR count). The molecular weight excluding hydrogens is 260 g/mol. The molecule has 1 aromatic carbocycles. The van der Waals surface area contributed by atoms with Gasteiger partial charge in [-0.1, -0.05) is 12.2 Å². The topological polar surface area (TPSA) is 113 Å². The van der Waals surface area contributed by atoms with Crippen molar-refractivity contribution in [3.8, 4) is 5.75 Å². The van der Waals surface area contributed by atoms with E-state index in [-0.39, 0.29) is 18.0 Å². The monoisotopic (exact) mass is 272 g/mol. The van der Waals surface area contributed by atoms with E-state index in [0.29, 0.717) is 0 Å². The normalized spacial score (nSPS) is 11.7. The van der Waals surface area contributed by atoms with Crippen LogP contribution < -0.4 is 9.88 Å². The fourth-order valence-corrected chi connectivity index (χ4v) is 1.88. The lowest BCUT2D eigenvalue weighted by Crippen LogP contribution is -2.14. The molecule has 0 spiro atoms. The summed E-state index contributed by atoms with van der Waals surface area (Å²) in [5.74, 6) is -0.0128. The third-order valence-corrected chi connectivity index (χ3v) is 2.95. The van der Waals surface area contributed by atoms with Gasteiger partial charge in [0.25, 0.3) is 5.69 Å². The third kappa shape index (κ3) is 3.54. The zero-order chi connectivity index (χ0) is 13.8. The van der Waals surface area contributed by atoms with E-state index in [2.05, 4.69) is 0 Å². The molecule has 18 heavy (non-hydrogen) atoms.